The van der Waals surface area contributed by atoms with Crippen molar-refractivity contribution in [2.45, 2.75) is 18.6 Å². The number of anilines is 1. The summed E-state index contributed by atoms with van der Waals surface area (Å²) in [6.45, 7) is 2.46. The largest absolute Gasteiger partial charge is 0.497 e. The van der Waals surface area contributed by atoms with Gasteiger partial charge in [0.1, 0.15) is 17.3 Å². The molecule has 2 fully saturated rings. The standard InChI is InChI=1S/C18H19NO5/c1-3-23-17(21)14-13-8-9-18(24-13)10-19(16(20)15(14)18)11-4-6-12(22-2)7-5-11/h4-9,13-15H,3,10H2,1-2H3/t13-,14+,15+,18+/m1/s1. The molecule has 126 valence electrons. The molecule has 1 spiro atoms. The number of ether oxygens (including phenoxy) is 3. The molecule has 0 saturated carbocycles. The van der Waals surface area contributed by atoms with E-state index in [1.54, 1.807) is 18.9 Å². The maximum Gasteiger partial charge on any atom is 0.312 e. The van der Waals surface area contributed by atoms with Crippen LogP contribution in [0.3, 0.4) is 0 Å². The second-order valence-electron chi connectivity index (χ2n) is 6.27. The smallest absolute Gasteiger partial charge is 0.312 e. The summed E-state index contributed by atoms with van der Waals surface area (Å²) in [5.74, 6) is -0.807. The lowest BCUT2D eigenvalue weighted by Crippen LogP contribution is -2.40. The third kappa shape index (κ3) is 1.99. The van der Waals surface area contributed by atoms with Gasteiger partial charge in [-0.25, -0.2) is 0 Å². The Kier molecular flexibility index (Phi) is 3.38. The molecule has 0 aliphatic carbocycles. The van der Waals surface area contributed by atoms with E-state index in [1.807, 2.05) is 36.4 Å². The topological polar surface area (TPSA) is 65.1 Å². The number of benzene rings is 1. The summed E-state index contributed by atoms with van der Waals surface area (Å²) in [6.07, 6.45) is 3.44. The highest BCUT2D eigenvalue weighted by molar-refractivity contribution is 6.02. The van der Waals surface area contributed by atoms with Crippen LogP contribution in [0.2, 0.25) is 0 Å². The van der Waals surface area contributed by atoms with Gasteiger partial charge >= 0.3 is 5.97 Å². The van der Waals surface area contributed by atoms with E-state index in [-0.39, 0.29) is 18.0 Å². The third-order valence-corrected chi connectivity index (χ3v) is 5.04. The lowest BCUT2D eigenvalue weighted by molar-refractivity contribution is -0.151. The van der Waals surface area contributed by atoms with Crippen molar-refractivity contribution in [3.8, 4) is 5.75 Å². The van der Waals surface area contributed by atoms with Gasteiger partial charge in [-0.2, -0.15) is 0 Å². The number of esters is 1. The Hall–Kier alpha value is -2.34. The molecule has 4 rings (SSSR count). The highest BCUT2D eigenvalue weighted by atomic mass is 16.6. The Balaban J connectivity index is 1.65. The van der Waals surface area contributed by atoms with Gasteiger partial charge in [-0.3, -0.25) is 9.59 Å². The maximum absolute atomic E-state index is 13.0. The van der Waals surface area contributed by atoms with Crippen molar-refractivity contribution in [2.75, 3.05) is 25.2 Å². The first-order valence-corrected chi connectivity index (χ1v) is 8.09. The van der Waals surface area contributed by atoms with Crippen LogP contribution in [0.1, 0.15) is 6.92 Å². The summed E-state index contributed by atoms with van der Waals surface area (Å²) in [7, 11) is 1.60. The average molecular weight is 329 g/mol. The van der Waals surface area contributed by atoms with E-state index in [2.05, 4.69) is 0 Å². The molecule has 0 aromatic heterocycles. The highest BCUT2D eigenvalue weighted by Crippen LogP contribution is 2.52. The van der Waals surface area contributed by atoms with Crippen molar-refractivity contribution >= 4 is 17.6 Å². The van der Waals surface area contributed by atoms with Gasteiger partial charge in [0.15, 0.2) is 0 Å². The van der Waals surface area contributed by atoms with Gasteiger partial charge < -0.3 is 19.1 Å². The summed E-state index contributed by atoms with van der Waals surface area (Å²) >= 11 is 0. The minimum absolute atomic E-state index is 0.0925. The number of hydrogen-bond acceptors (Lipinski definition) is 5. The van der Waals surface area contributed by atoms with Gasteiger partial charge in [0.25, 0.3) is 0 Å². The summed E-state index contributed by atoms with van der Waals surface area (Å²) in [5, 5.41) is 0. The van der Waals surface area contributed by atoms with Gasteiger partial charge in [0, 0.05) is 5.69 Å². The van der Waals surface area contributed by atoms with Crippen LogP contribution < -0.4 is 9.64 Å². The van der Waals surface area contributed by atoms with Gasteiger partial charge in [0.05, 0.1) is 32.3 Å². The first kappa shape index (κ1) is 15.2. The number of amides is 1. The molecule has 0 radical (unpaired) electrons. The summed E-state index contributed by atoms with van der Waals surface area (Å²) in [4.78, 5) is 27.0. The molecular weight excluding hydrogens is 310 g/mol. The van der Waals surface area contributed by atoms with Gasteiger partial charge in [-0.1, -0.05) is 12.2 Å². The Morgan fingerprint density at radius 3 is 2.79 bits per heavy atom. The third-order valence-electron chi connectivity index (χ3n) is 5.04. The number of nitrogens with zero attached hydrogens (tertiary/aromatic N) is 1. The predicted molar refractivity (Wildman–Crippen MR) is 85.7 cm³/mol. The van der Waals surface area contributed by atoms with Gasteiger partial charge in [-0.15, -0.1) is 0 Å². The molecule has 1 amide bonds. The van der Waals surface area contributed by atoms with Gasteiger partial charge in [0.2, 0.25) is 5.91 Å². The molecule has 3 aliphatic heterocycles. The molecule has 1 aromatic rings. The minimum Gasteiger partial charge on any atom is -0.497 e. The predicted octanol–water partition coefficient (Wildman–Crippen LogP) is 1.54. The van der Waals surface area contributed by atoms with Crippen LogP contribution in [0.4, 0.5) is 5.69 Å². The quantitative estimate of drug-likeness (QED) is 0.619. The van der Waals surface area contributed by atoms with Crippen LogP contribution in [0.5, 0.6) is 5.75 Å². The lowest BCUT2D eigenvalue weighted by Gasteiger charge is -2.22. The Morgan fingerprint density at radius 2 is 2.12 bits per heavy atom. The number of carbonyl (C=O) groups excluding carboxylic acids is 2. The highest BCUT2D eigenvalue weighted by Gasteiger charge is 2.67. The zero-order chi connectivity index (χ0) is 16.9. The van der Waals surface area contributed by atoms with E-state index < -0.39 is 17.4 Å². The molecule has 24 heavy (non-hydrogen) atoms. The Morgan fingerprint density at radius 1 is 1.38 bits per heavy atom. The second-order valence-corrected chi connectivity index (χ2v) is 6.27. The van der Waals surface area contributed by atoms with Crippen molar-refractivity contribution in [2.24, 2.45) is 11.8 Å². The van der Waals surface area contributed by atoms with Crippen LogP contribution in [0.15, 0.2) is 36.4 Å². The number of hydrogen-bond donors (Lipinski definition) is 0. The molecule has 2 bridgehead atoms. The molecular formula is C18H19NO5. The van der Waals surface area contributed by atoms with Crippen LogP contribution in [0.25, 0.3) is 0 Å². The van der Waals surface area contributed by atoms with E-state index >= 15 is 0 Å². The fourth-order valence-corrected chi connectivity index (χ4v) is 3.99. The van der Waals surface area contributed by atoms with E-state index in [1.165, 1.54) is 0 Å². The molecule has 0 unspecified atom stereocenters. The maximum atomic E-state index is 13.0. The van der Waals surface area contributed by atoms with Crippen LogP contribution in [-0.2, 0) is 19.1 Å². The molecule has 1 aromatic carbocycles. The van der Waals surface area contributed by atoms with Gasteiger partial charge in [-0.05, 0) is 31.2 Å². The molecule has 4 atom stereocenters. The van der Waals surface area contributed by atoms with Crippen molar-refractivity contribution in [3.05, 3.63) is 36.4 Å². The fourth-order valence-electron chi connectivity index (χ4n) is 3.99. The van der Waals surface area contributed by atoms with Crippen molar-refractivity contribution in [3.63, 3.8) is 0 Å². The number of carbonyl (C=O) groups is 2. The van der Waals surface area contributed by atoms with E-state index in [0.717, 1.165) is 11.4 Å². The molecule has 6 heteroatoms. The minimum atomic E-state index is -0.723. The summed E-state index contributed by atoms with van der Waals surface area (Å²) in [6, 6.07) is 7.30. The number of methoxy groups -OCH3 is 1. The van der Waals surface area contributed by atoms with Crippen LogP contribution in [0, 0.1) is 11.8 Å². The van der Waals surface area contributed by atoms with E-state index in [9.17, 15) is 9.59 Å². The van der Waals surface area contributed by atoms with Crippen LogP contribution >= 0.6 is 0 Å². The fraction of sp³-hybridized carbons (Fsp3) is 0.444. The molecule has 0 N–H and O–H groups in total. The van der Waals surface area contributed by atoms with E-state index in [0.29, 0.717) is 13.2 Å². The number of fused-ring (bicyclic) bond motifs is 1. The van der Waals surface area contributed by atoms with Crippen molar-refractivity contribution in [1.82, 2.24) is 0 Å². The second kappa shape index (κ2) is 5.34. The van der Waals surface area contributed by atoms with Crippen molar-refractivity contribution in [1.29, 1.82) is 0 Å². The number of rotatable bonds is 4. The zero-order valence-electron chi connectivity index (χ0n) is 13.6. The van der Waals surface area contributed by atoms with E-state index in [4.69, 9.17) is 14.2 Å². The molecule has 2 saturated heterocycles. The SMILES string of the molecule is CCOC(=O)[C@@H]1[C@H]2C(=O)N(c3ccc(OC)cc3)C[C@@]23C=C[C@H]1O3. The van der Waals surface area contributed by atoms with Crippen LogP contribution in [-0.4, -0.2) is 43.8 Å². The Labute approximate surface area is 140 Å². The molecule has 6 nitrogen and oxygen atoms in total. The first-order chi connectivity index (χ1) is 11.6. The summed E-state index contributed by atoms with van der Waals surface area (Å²) in [5.41, 5.74) is 0.0478. The lowest BCUT2D eigenvalue weighted by atomic mass is 9.77. The van der Waals surface area contributed by atoms with Crippen molar-refractivity contribution < 1.29 is 23.8 Å². The zero-order valence-corrected chi connectivity index (χ0v) is 13.6. The Bertz CT molecular complexity index is 713. The average Bonchev–Trinajstić information content (AvgIpc) is 3.23. The molecule has 3 aliphatic rings. The monoisotopic (exact) mass is 329 g/mol. The molecule has 3 heterocycles. The normalized spacial score (nSPS) is 33.0. The first-order valence-electron chi connectivity index (χ1n) is 8.09. The summed E-state index contributed by atoms with van der Waals surface area (Å²) < 4.78 is 16.4.